The summed E-state index contributed by atoms with van der Waals surface area (Å²) in [5.41, 5.74) is 0.731. The lowest BCUT2D eigenvalue weighted by Gasteiger charge is -2.38. The Morgan fingerprint density at radius 1 is 1.22 bits per heavy atom. The fraction of sp³-hybridized carbons (Fsp3) is 0.704. The highest BCUT2D eigenvalue weighted by Gasteiger charge is 2.32. The topological polar surface area (TPSA) is 101 Å². The Bertz CT molecular complexity index is 837. The lowest BCUT2D eigenvalue weighted by Crippen LogP contribution is -2.52. The number of halogens is 1. The second-order valence-electron chi connectivity index (χ2n) is 9.96. The zero-order valence-electron chi connectivity index (χ0n) is 22.2. The molecule has 2 saturated heterocycles. The van der Waals surface area contributed by atoms with Crippen molar-refractivity contribution in [2.24, 2.45) is 11.8 Å². The molecule has 0 spiro atoms. The number of nitrogens with one attached hydrogen (secondary N) is 3. The summed E-state index contributed by atoms with van der Waals surface area (Å²) >= 11 is 0. The van der Waals surface area contributed by atoms with Gasteiger partial charge in [0.15, 0.2) is 0 Å². The van der Waals surface area contributed by atoms with Crippen LogP contribution >= 0.6 is 0 Å². The van der Waals surface area contributed by atoms with Gasteiger partial charge in [-0.1, -0.05) is 12.1 Å². The molecular weight excluding hydrogens is 479 g/mol. The van der Waals surface area contributed by atoms with Gasteiger partial charge in [0.25, 0.3) is 0 Å². The van der Waals surface area contributed by atoms with Crippen molar-refractivity contribution in [1.29, 1.82) is 0 Å². The number of nitrogens with zero attached hydrogens (tertiary/aromatic N) is 1. The number of rotatable bonds is 11. The summed E-state index contributed by atoms with van der Waals surface area (Å²) in [7, 11) is 3.21. The third kappa shape index (κ3) is 9.75. The minimum Gasteiger partial charge on any atom is -0.453 e. The van der Waals surface area contributed by atoms with Gasteiger partial charge >= 0.3 is 12.1 Å². The Morgan fingerprint density at radius 2 is 2.08 bits per heavy atom. The zero-order chi connectivity index (χ0) is 26.5. The first-order valence-corrected chi connectivity index (χ1v) is 13.5. The fourth-order valence-electron chi connectivity index (χ4n) is 5.35. The summed E-state index contributed by atoms with van der Waals surface area (Å²) in [6.07, 6.45) is 4.91. The average Bonchev–Trinajstić information content (AvgIpc) is 3.17. The summed E-state index contributed by atoms with van der Waals surface area (Å²) in [6, 6.07) is 6.38. The number of carbonyl (C=O) groups is 2. The van der Waals surface area contributed by atoms with Gasteiger partial charge in [0.05, 0.1) is 19.8 Å². The number of hydrogen-bond acceptors (Lipinski definition) is 6. The Labute approximate surface area is 219 Å². The number of alkyl carbamates (subject to hydrolysis) is 1. The van der Waals surface area contributed by atoms with Crippen molar-refractivity contribution in [1.82, 2.24) is 20.9 Å². The van der Waals surface area contributed by atoms with E-state index in [1.165, 1.54) is 19.2 Å². The molecule has 37 heavy (non-hydrogen) atoms. The molecule has 0 saturated carbocycles. The molecule has 0 aromatic heterocycles. The Balaban J connectivity index is 1.62. The number of hydrogen-bond donors (Lipinski definition) is 3. The highest BCUT2D eigenvalue weighted by molar-refractivity contribution is 5.74. The summed E-state index contributed by atoms with van der Waals surface area (Å²) in [5, 5.41) is 9.08. The normalized spacial score (nSPS) is 22.0. The van der Waals surface area contributed by atoms with Crippen molar-refractivity contribution in [3.8, 4) is 0 Å². The summed E-state index contributed by atoms with van der Waals surface area (Å²) < 4.78 is 30.4. The first-order chi connectivity index (χ1) is 18.0. The molecule has 1 aromatic rings. The van der Waals surface area contributed by atoms with Gasteiger partial charge in [-0.05, 0) is 69.2 Å². The maximum absolute atomic E-state index is 14.1. The predicted molar refractivity (Wildman–Crippen MR) is 139 cm³/mol. The Hall–Kier alpha value is -2.43. The molecule has 0 radical (unpaired) electrons. The van der Waals surface area contributed by atoms with Crippen molar-refractivity contribution in [2.75, 3.05) is 60.2 Å². The smallest absolute Gasteiger partial charge is 0.406 e. The fourth-order valence-corrected chi connectivity index (χ4v) is 5.35. The van der Waals surface area contributed by atoms with Crippen LogP contribution < -0.4 is 16.0 Å². The number of piperidine rings is 1. The lowest BCUT2D eigenvalue weighted by molar-refractivity contribution is -0.00880. The second-order valence-corrected chi connectivity index (χ2v) is 9.96. The van der Waals surface area contributed by atoms with E-state index >= 15 is 0 Å². The van der Waals surface area contributed by atoms with Crippen LogP contribution in [0.5, 0.6) is 0 Å². The van der Waals surface area contributed by atoms with Crippen LogP contribution in [-0.4, -0.2) is 83.2 Å². The van der Waals surface area contributed by atoms with Crippen molar-refractivity contribution >= 4 is 12.1 Å². The third-order valence-corrected chi connectivity index (χ3v) is 7.17. The van der Waals surface area contributed by atoms with Gasteiger partial charge in [-0.3, -0.25) is 0 Å². The Kier molecular flexibility index (Phi) is 12.4. The first kappa shape index (κ1) is 29.1. The summed E-state index contributed by atoms with van der Waals surface area (Å²) in [4.78, 5) is 26.5. The van der Waals surface area contributed by atoms with Gasteiger partial charge in [-0.2, -0.15) is 0 Å². The summed E-state index contributed by atoms with van der Waals surface area (Å²) in [5.74, 6) is 0.212. The second kappa shape index (κ2) is 15.7. The minimum absolute atomic E-state index is 0.00109. The molecule has 2 heterocycles. The molecule has 3 amide bonds. The lowest BCUT2D eigenvalue weighted by atomic mass is 9.88. The number of carbonyl (C=O) groups excluding carboxylic acids is 2. The van der Waals surface area contributed by atoms with E-state index in [0.717, 1.165) is 57.3 Å². The quantitative estimate of drug-likeness (QED) is 0.385. The zero-order valence-corrected chi connectivity index (χ0v) is 22.2. The van der Waals surface area contributed by atoms with E-state index < -0.39 is 12.2 Å². The van der Waals surface area contributed by atoms with E-state index in [4.69, 9.17) is 9.47 Å². The van der Waals surface area contributed by atoms with E-state index in [-0.39, 0.29) is 37.0 Å². The third-order valence-electron chi connectivity index (χ3n) is 7.17. The van der Waals surface area contributed by atoms with Crippen molar-refractivity contribution < 1.29 is 28.2 Å². The number of likely N-dealkylation sites (tertiary alicyclic amines) is 1. The van der Waals surface area contributed by atoms with Crippen LogP contribution in [-0.2, 0) is 14.2 Å². The first-order valence-electron chi connectivity index (χ1n) is 13.5. The van der Waals surface area contributed by atoms with E-state index in [9.17, 15) is 14.0 Å². The van der Waals surface area contributed by atoms with Crippen molar-refractivity contribution in [3.05, 3.63) is 35.6 Å². The van der Waals surface area contributed by atoms with E-state index in [2.05, 4.69) is 20.7 Å². The maximum atomic E-state index is 14.1. The van der Waals surface area contributed by atoms with Crippen LogP contribution in [0.2, 0.25) is 0 Å². The van der Waals surface area contributed by atoms with Gasteiger partial charge in [0.1, 0.15) is 5.82 Å². The van der Waals surface area contributed by atoms with Gasteiger partial charge in [-0.15, -0.1) is 0 Å². The Morgan fingerprint density at radius 3 is 2.86 bits per heavy atom. The van der Waals surface area contributed by atoms with Gasteiger partial charge in [-0.25, -0.2) is 14.0 Å². The van der Waals surface area contributed by atoms with Gasteiger partial charge in [0.2, 0.25) is 0 Å². The number of likely N-dealkylation sites (N-methyl/N-ethyl adjacent to an activating group) is 1. The van der Waals surface area contributed by atoms with Crippen molar-refractivity contribution in [2.45, 2.75) is 50.7 Å². The molecule has 208 valence electrons. The number of amides is 3. The molecule has 2 aliphatic heterocycles. The highest BCUT2D eigenvalue weighted by atomic mass is 19.1. The molecule has 4 atom stereocenters. The van der Waals surface area contributed by atoms with E-state index in [0.29, 0.717) is 25.6 Å². The van der Waals surface area contributed by atoms with Crippen LogP contribution in [0, 0.1) is 17.7 Å². The monoisotopic (exact) mass is 522 g/mol. The molecule has 1 unspecified atom stereocenters. The van der Waals surface area contributed by atoms with Crippen LogP contribution in [0.15, 0.2) is 24.3 Å². The van der Waals surface area contributed by atoms with Crippen LogP contribution in [0.1, 0.15) is 50.2 Å². The number of methoxy groups -OCH3 is 1. The number of ether oxygens (including phenoxy) is 3. The molecule has 10 heteroatoms. The largest absolute Gasteiger partial charge is 0.453 e. The van der Waals surface area contributed by atoms with E-state index in [1.807, 2.05) is 18.0 Å². The van der Waals surface area contributed by atoms with Crippen molar-refractivity contribution in [3.63, 3.8) is 0 Å². The molecule has 3 rings (SSSR count). The molecule has 0 aliphatic carbocycles. The molecule has 9 nitrogen and oxygen atoms in total. The molecule has 0 bridgehead atoms. The van der Waals surface area contributed by atoms with E-state index in [1.54, 1.807) is 6.07 Å². The molecular formula is C27H43FN4O5. The standard InChI is InChI=1S/C27H43FN4O5/c1-29-18-24(16-20-6-5-13-36-14-10-20)31-26(33)32-12-4-8-22(19-32)25(21-7-3-9-23(28)17-21)37-15-11-30-27(34)35-2/h3,7,9,17,20,22,24-25,29H,4-6,8,10-16,18-19H2,1-2H3,(H,30,34)(H,31,33)/t20?,22-,24+,25+/m1/s1. The van der Waals surface area contributed by atoms with Crippen LogP contribution in [0.4, 0.5) is 14.0 Å². The number of benzene rings is 1. The molecule has 1 aromatic carbocycles. The molecule has 3 N–H and O–H groups in total. The van der Waals surface area contributed by atoms with Crippen LogP contribution in [0.3, 0.4) is 0 Å². The van der Waals surface area contributed by atoms with Gasteiger partial charge in [0, 0.05) is 51.4 Å². The molecule has 2 aliphatic rings. The maximum Gasteiger partial charge on any atom is 0.406 e. The summed E-state index contributed by atoms with van der Waals surface area (Å²) in [6.45, 7) is 4.02. The SMILES string of the molecule is CNC[C@H](CC1CCCOCC1)NC(=O)N1CCC[C@@H]([C@@H](OCCNC(=O)OC)c2cccc(F)c2)C1. The molecule has 2 fully saturated rings. The minimum atomic E-state index is -0.529. The van der Waals surface area contributed by atoms with Gasteiger partial charge < -0.3 is 35.1 Å². The predicted octanol–water partition coefficient (Wildman–Crippen LogP) is 3.46. The van der Waals surface area contributed by atoms with Crippen LogP contribution in [0.25, 0.3) is 0 Å². The number of urea groups is 1. The highest BCUT2D eigenvalue weighted by Crippen LogP contribution is 2.33. The average molecular weight is 523 g/mol.